The van der Waals surface area contributed by atoms with Gasteiger partial charge < -0.3 is 15.2 Å². The maximum Gasteiger partial charge on any atom is 0.162 e. The van der Waals surface area contributed by atoms with E-state index in [1.54, 1.807) is 13.8 Å². The van der Waals surface area contributed by atoms with Crippen molar-refractivity contribution in [1.82, 2.24) is 0 Å². The SMILES string of the molecule is CC1(C)OCC(N)(CN=O)CO1. The van der Waals surface area contributed by atoms with Gasteiger partial charge in [0.05, 0.1) is 18.8 Å². The van der Waals surface area contributed by atoms with Crippen molar-refractivity contribution in [2.24, 2.45) is 10.9 Å². The summed E-state index contributed by atoms with van der Waals surface area (Å²) in [6.45, 7) is 4.27. The molecule has 0 aromatic carbocycles. The molecule has 12 heavy (non-hydrogen) atoms. The summed E-state index contributed by atoms with van der Waals surface area (Å²) >= 11 is 0. The number of nitrogens with two attached hydrogens (primary N) is 1. The summed E-state index contributed by atoms with van der Waals surface area (Å²) in [5, 5.41) is 2.74. The van der Waals surface area contributed by atoms with Crippen LogP contribution in [0.2, 0.25) is 0 Å². The van der Waals surface area contributed by atoms with E-state index < -0.39 is 11.3 Å². The molecule has 5 heteroatoms. The van der Waals surface area contributed by atoms with Crippen LogP contribution in [0.4, 0.5) is 0 Å². The van der Waals surface area contributed by atoms with Crippen LogP contribution < -0.4 is 5.73 Å². The first-order valence-electron chi connectivity index (χ1n) is 3.83. The Labute approximate surface area is 71.2 Å². The normalized spacial score (nSPS) is 26.6. The molecule has 70 valence electrons. The quantitative estimate of drug-likeness (QED) is 0.608. The van der Waals surface area contributed by atoms with Crippen LogP contribution in [0.5, 0.6) is 0 Å². The minimum atomic E-state index is -0.739. The molecule has 0 unspecified atom stereocenters. The minimum absolute atomic E-state index is 0.0308. The van der Waals surface area contributed by atoms with Crippen LogP contribution in [0.15, 0.2) is 5.18 Å². The molecule has 0 aromatic rings. The van der Waals surface area contributed by atoms with Crippen LogP contribution in [0.25, 0.3) is 0 Å². The molecule has 0 amide bonds. The standard InChI is InChI=1S/C7H14N2O3/c1-6(2)11-4-7(8,3-9-10)5-12-6/h3-5,8H2,1-2H3. The average Bonchev–Trinajstić information content (AvgIpc) is 1.98. The fraction of sp³-hybridized carbons (Fsp3) is 1.00. The maximum atomic E-state index is 10.00. The van der Waals surface area contributed by atoms with E-state index >= 15 is 0 Å². The molecule has 1 aliphatic rings. The van der Waals surface area contributed by atoms with E-state index in [1.165, 1.54) is 0 Å². The monoisotopic (exact) mass is 174 g/mol. The van der Waals surface area contributed by atoms with E-state index in [0.717, 1.165) is 0 Å². The molecule has 1 fully saturated rings. The molecule has 2 N–H and O–H groups in total. The Morgan fingerprint density at radius 3 is 2.33 bits per heavy atom. The van der Waals surface area contributed by atoms with E-state index in [4.69, 9.17) is 15.2 Å². The second-order valence-electron chi connectivity index (χ2n) is 3.63. The van der Waals surface area contributed by atoms with Gasteiger partial charge in [-0.3, -0.25) is 0 Å². The summed E-state index contributed by atoms with van der Waals surface area (Å²) in [5.74, 6) is -0.592. The van der Waals surface area contributed by atoms with Gasteiger partial charge in [-0.05, 0) is 13.8 Å². The largest absolute Gasteiger partial charge is 0.348 e. The molecule has 1 rings (SSSR count). The molecule has 1 aliphatic heterocycles. The highest BCUT2D eigenvalue weighted by Gasteiger charge is 2.37. The van der Waals surface area contributed by atoms with E-state index in [0.29, 0.717) is 13.2 Å². The van der Waals surface area contributed by atoms with Crippen LogP contribution in [0, 0.1) is 4.91 Å². The molecule has 0 aromatic heterocycles. The Bertz CT molecular complexity index is 171. The second kappa shape index (κ2) is 3.08. The number of hydrogen-bond donors (Lipinski definition) is 1. The third-order valence-corrected chi connectivity index (χ3v) is 1.79. The lowest BCUT2D eigenvalue weighted by atomic mass is 10.0. The first-order valence-corrected chi connectivity index (χ1v) is 3.83. The zero-order valence-corrected chi connectivity index (χ0v) is 7.37. The van der Waals surface area contributed by atoms with E-state index in [2.05, 4.69) is 5.18 Å². The second-order valence-corrected chi connectivity index (χ2v) is 3.63. The van der Waals surface area contributed by atoms with Crippen LogP contribution in [0.1, 0.15) is 13.8 Å². The van der Waals surface area contributed by atoms with Gasteiger partial charge in [0.1, 0.15) is 6.54 Å². The van der Waals surface area contributed by atoms with Gasteiger partial charge in [-0.25, -0.2) is 0 Å². The number of nitroso groups, excluding NO2 is 1. The highest BCUT2D eigenvalue weighted by molar-refractivity contribution is 4.89. The molecule has 0 atom stereocenters. The Morgan fingerprint density at radius 2 is 1.92 bits per heavy atom. The number of hydrogen-bond acceptors (Lipinski definition) is 5. The molecule has 0 aliphatic carbocycles. The third-order valence-electron chi connectivity index (χ3n) is 1.79. The fourth-order valence-electron chi connectivity index (χ4n) is 0.938. The number of ether oxygens (including phenoxy) is 2. The van der Waals surface area contributed by atoms with Crippen LogP contribution >= 0.6 is 0 Å². The van der Waals surface area contributed by atoms with Crippen molar-refractivity contribution in [2.75, 3.05) is 19.8 Å². The van der Waals surface area contributed by atoms with Crippen molar-refractivity contribution >= 4 is 0 Å². The van der Waals surface area contributed by atoms with Gasteiger partial charge in [-0.1, -0.05) is 5.18 Å². The lowest BCUT2D eigenvalue weighted by molar-refractivity contribution is -0.265. The van der Waals surface area contributed by atoms with Crippen LogP contribution in [0.3, 0.4) is 0 Å². The van der Waals surface area contributed by atoms with Gasteiger partial charge in [0.25, 0.3) is 0 Å². The Hall–Kier alpha value is -0.520. The van der Waals surface area contributed by atoms with E-state index in [9.17, 15) is 4.91 Å². The predicted molar refractivity (Wildman–Crippen MR) is 43.6 cm³/mol. The summed E-state index contributed by atoms with van der Waals surface area (Å²) in [7, 11) is 0. The first kappa shape index (κ1) is 9.57. The van der Waals surface area contributed by atoms with Gasteiger partial charge in [-0.15, -0.1) is 0 Å². The summed E-state index contributed by atoms with van der Waals surface area (Å²) in [6, 6.07) is 0. The van der Waals surface area contributed by atoms with Crippen molar-refractivity contribution < 1.29 is 9.47 Å². The van der Waals surface area contributed by atoms with Crippen molar-refractivity contribution in [3.8, 4) is 0 Å². The van der Waals surface area contributed by atoms with Crippen LogP contribution in [-0.4, -0.2) is 31.1 Å². The summed E-state index contributed by atoms with van der Waals surface area (Å²) in [5.41, 5.74) is 5.01. The predicted octanol–water partition coefficient (Wildman–Crippen LogP) is 0.233. The zero-order valence-electron chi connectivity index (χ0n) is 7.37. The number of rotatable bonds is 2. The molecule has 5 nitrogen and oxygen atoms in total. The molecule has 0 radical (unpaired) electrons. The van der Waals surface area contributed by atoms with Crippen molar-refractivity contribution in [1.29, 1.82) is 0 Å². The van der Waals surface area contributed by atoms with Crippen molar-refractivity contribution in [3.05, 3.63) is 4.91 Å². The zero-order chi connectivity index (χ0) is 9.24. The third kappa shape index (κ3) is 2.23. The average molecular weight is 174 g/mol. The Kier molecular flexibility index (Phi) is 2.46. The van der Waals surface area contributed by atoms with Gasteiger partial charge in [0.2, 0.25) is 0 Å². The molecular formula is C7H14N2O3. The molecule has 0 saturated carbocycles. The van der Waals surface area contributed by atoms with Crippen molar-refractivity contribution in [3.63, 3.8) is 0 Å². The lowest BCUT2D eigenvalue weighted by Gasteiger charge is -2.39. The summed E-state index contributed by atoms with van der Waals surface area (Å²) < 4.78 is 10.6. The highest BCUT2D eigenvalue weighted by Crippen LogP contribution is 2.21. The highest BCUT2D eigenvalue weighted by atomic mass is 16.7. The van der Waals surface area contributed by atoms with Crippen molar-refractivity contribution in [2.45, 2.75) is 25.2 Å². The Morgan fingerprint density at radius 1 is 1.42 bits per heavy atom. The van der Waals surface area contributed by atoms with Gasteiger partial charge in [-0.2, -0.15) is 4.91 Å². The number of nitrogens with zero attached hydrogens (tertiary/aromatic N) is 1. The summed E-state index contributed by atoms with van der Waals surface area (Å²) in [6.07, 6.45) is 0. The topological polar surface area (TPSA) is 73.9 Å². The Balaban J connectivity index is 2.49. The van der Waals surface area contributed by atoms with E-state index in [1.807, 2.05) is 0 Å². The molecule has 0 spiro atoms. The fourth-order valence-corrected chi connectivity index (χ4v) is 0.938. The van der Waals surface area contributed by atoms with Gasteiger partial charge >= 0.3 is 0 Å². The maximum absolute atomic E-state index is 10.00. The van der Waals surface area contributed by atoms with E-state index in [-0.39, 0.29) is 6.54 Å². The molecule has 0 bridgehead atoms. The molecule has 1 saturated heterocycles. The van der Waals surface area contributed by atoms with Crippen LogP contribution in [-0.2, 0) is 9.47 Å². The summed E-state index contributed by atoms with van der Waals surface area (Å²) in [4.78, 5) is 10.00. The van der Waals surface area contributed by atoms with Gasteiger partial charge in [0.15, 0.2) is 5.79 Å². The molecular weight excluding hydrogens is 160 g/mol. The lowest BCUT2D eigenvalue weighted by Crippen LogP contribution is -2.58. The first-order chi connectivity index (χ1) is 5.47. The minimum Gasteiger partial charge on any atom is -0.348 e. The smallest absolute Gasteiger partial charge is 0.162 e. The molecule has 1 heterocycles. The van der Waals surface area contributed by atoms with Gasteiger partial charge in [0, 0.05) is 0 Å².